The van der Waals surface area contributed by atoms with Crippen LogP contribution in [0.5, 0.6) is 11.5 Å². The van der Waals surface area contributed by atoms with Crippen molar-refractivity contribution in [1.29, 1.82) is 0 Å². The number of carbonyl (C=O) groups is 2. The average molecular weight is 432 g/mol. The lowest BCUT2D eigenvalue weighted by molar-refractivity contribution is 0.0706. The van der Waals surface area contributed by atoms with Gasteiger partial charge >= 0.3 is 0 Å². The topological polar surface area (TPSA) is 126 Å². The zero-order chi connectivity index (χ0) is 22.7. The molecule has 0 atom stereocenters. The van der Waals surface area contributed by atoms with E-state index in [1.165, 1.54) is 24.3 Å². The smallest absolute Gasteiger partial charge is 0.274 e. The summed E-state index contributed by atoms with van der Waals surface area (Å²) in [5.74, 6) is 0.714. The first-order chi connectivity index (χ1) is 15.5. The van der Waals surface area contributed by atoms with Gasteiger partial charge in [-0.25, -0.2) is 5.48 Å². The maximum atomic E-state index is 12.6. The zero-order valence-corrected chi connectivity index (χ0v) is 17.3. The number of aromatic amines is 1. The second-order valence-corrected chi connectivity index (χ2v) is 6.91. The number of amides is 2. The molecule has 0 radical (unpaired) electrons. The molecule has 0 unspecified atom stereocenters. The Hall–Kier alpha value is -4.37. The van der Waals surface area contributed by atoms with E-state index in [2.05, 4.69) is 15.5 Å². The SMILES string of the molecule is COc1cc(OC)cc(-c2ccc3c(NC(=O)c4ccc(C(=O)NO)cc4)n[nH]c3c2)c1. The summed E-state index contributed by atoms with van der Waals surface area (Å²) in [5, 5.41) is 19.3. The number of hydroxylamine groups is 1. The molecule has 0 aliphatic carbocycles. The Morgan fingerprint density at radius 2 is 1.47 bits per heavy atom. The lowest BCUT2D eigenvalue weighted by atomic mass is 10.0. The minimum absolute atomic E-state index is 0.232. The molecular weight excluding hydrogens is 412 g/mol. The molecule has 3 aromatic carbocycles. The molecule has 32 heavy (non-hydrogen) atoms. The molecule has 0 bridgehead atoms. The van der Waals surface area contributed by atoms with E-state index < -0.39 is 5.91 Å². The van der Waals surface area contributed by atoms with E-state index in [4.69, 9.17) is 14.7 Å². The predicted molar refractivity (Wildman–Crippen MR) is 118 cm³/mol. The highest BCUT2D eigenvalue weighted by Gasteiger charge is 2.14. The van der Waals surface area contributed by atoms with E-state index in [-0.39, 0.29) is 11.5 Å². The molecule has 162 valence electrons. The molecule has 9 nitrogen and oxygen atoms in total. The van der Waals surface area contributed by atoms with Crippen LogP contribution in [-0.4, -0.2) is 41.4 Å². The highest BCUT2D eigenvalue weighted by atomic mass is 16.5. The number of nitrogens with zero attached hydrogens (tertiary/aromatic N) is 1. The Kier molecular flexibility index (Phi) is 5.73. The van der Waals surface area contributed by atoms with Gasteiger partial charge < -0.3 is 14.8 Å². The maximum absolute atomic E-state index is 12.6. The Bertz CT molecular complexity index is 1280. The predicted octanol–water partition coefficient (Wildman–Crippen LogP) is 3.62. The van der Waals surface area contributed by atoms with E-state index in [9.17, 15) is 9.59 Å². The van der Waals surface area contributed by atoms with Crippen molar-refractivity contribution < 1.29 is 24.3 Å². The summed E-state index contributed by atoms with van der Waals surface area (Å²) in [6.45, 7) is 0. The number of anilines is 1. The summed E-state index contributed by atoms with van der Waals surface area (Å²) >= 11 is 0. The number of methoxy groups -OCH3 is 2. The average Bonchev–Trinajstić information content (AvgIpc) is 3.24. The molecule has 9 heteroatoms. The van der Waals surface area contributed by atoms with Crippen LogP contribution >= 0.6 is 0 Å². The molecule has 1 aromatic heterocycles. The fourth-order valence-corrected chi connectivity index (χ4v) is 3.29. The summed E-state index contributed by atoms with van der Waals surface area (Å²) in [4.78, 5) is 24.0. The zero-order valence-electron chi connectivity index (χ0n) is 17.3. The molecule has 1 heterocycles. The van der Waals surface area contributed by atoms with Gasteiger partial charge in [-0.05, 0) is 59.7 Å². The number of hydrogen-bond acceptors (Lipinski definition) is 6. The first kappa shape index (κ1) is 20.9. The van der Waals surface area contributed by atoms with Gasteiger partial charge in [-0.15, -0.1) is 0 Å². The van der Waals surface area contributed by atoms with Gasteiger partial charge in [0, 0.05) is 22.6 Å². The van der Waals surface area contributed by atoms with Gasteiger partial charge in [0.1, 0.15) is 11.5 Å². The minimum Gasteiger partial charge on any atom is -0.497 e. The number of H-pyrrole nitrogens is 1. The van der Waals surface area contributed by atoms with E-state index >= 15 is 0 Å². The minimum atomic E-state index is -0.653. The number of ether oxygens (including phenoxy) is 2. The van der Waals surface area contributed by atoms with Gasteiger partial charge in [-0.2, -0.15) is 5.10 Å². The summed E-state index contributed by atoms with van der Waals surface area (Å²) in [6, 6.07) is 17.2. The van der Waals surface area contributed by atoms with Gasteiger partial charge in [0.25, 0.3) is 11.8 Å². The van der Waals surface area contributed by atoms with Crippen LogP contribution in [0.4, 0.5) is 5.82 Å². The second-order valence-electron chi connectivity index (χ2n) is 6.91. The van der Waals surface area contributed by atoms with Gasteiger partial charge in [0.2, 0.25) is 0 Å². The second kappa shape index (κ2) is 8.78. The molecule has 4 rings (SSSR count). The third-order valence-corrected chi connectivity index (χ3v) is 4.99. The molecule has 0 aliphatic rings. The molecule has 0 saturated carbocycles. The third kappa shape index (κ3) is 4.09. The van der Waals surface area contributed by atoms with Crippen LogP contribution in [0.2, 0.25) is 0 Å². The van der Waals surface area contributed by atoms with Crippen molar-refractivity contribution in [3.8, 4) is 22.6 Å². The highest BCUT2D eigenvalue weighted by Crippen LogP contribution is 2.32. The fraction of sp³-hybridized carbons (Fsp3) is 0.0870. The molecule has 0 saturated heterocycles. The van der Waals surface area contributed by atoms with Crippen LogP contribution in [0.25, 0.3) is 22.0 Å². The number of hydrogen-bond donors (Lipinski definition) is 4. The maximum Gasteiger partial charge on any atom is 0.274 e. The Morgan fingerprint density at radius 1 is 0.844 bits per heavy atom. The van der Waals surface area contributed by atoms with E-state index in [1.54, 1.807) is 25.8 Å². The van der Waals surface area contributed by atoms with Gasteiger partial charge in [-0.3, -0.25) is 19.9 Å². The van der Waals surface area contributed by atoms with Crippen LogP contribution in [0.1, 0.15) is 20.7 Å². The molecule has 4 N–H and O–H groups in total. The molecule has 0 spiro atoms. The fourth-order valence-electron chi connectivity index (χ4n) is 3.29. The molecule has 4 aromatic rings. The van der Waals surface area contributed by atoms with E-state index in [0.29, 0.717) is 22.9 Å². The Labute approximate surface area is 182 Å². The lowest BCUT2D eigenvalue weighted by Crippen LogP contribution is -2.19. The van der Waals surface area contributed by atoms with E-state index in [1.807, 2.05) is 30.3 Å². The normalized spacial score (nSPS) is 10.6. The molecule has 0 fully saturated rings. The first-order valence-corrected chi connectivity index (χ1v) is 9.60. The number of nitrogens with one attached hydrogen (secondary N) is 3. The molecular formula is C23H20N4O5. The van der Waals surface area contributed by atoms with Crippen LogP contribution in [-0.2, 0) is 0 Å². The summed E-state index contributed by atoms with van der Waals surface area (Å²) in [5.41, 5.74) is 4.71. The monoisotopic (exact) mass is 432 g/mol. The Balaban J connectivity index is 1.58. The van der Waals surface area contributed by atoms with E-state index in [0.717, 1.165) is 22.0 Å². The number of benzene rings is 3. The van der Waals surface area contributed by atoms with Crippen molar-refractivity contribution in [1.82, 2.24) is 15.7 Å². The van der Waals surface area contributed by atoms with Crippen molar-refractivity contribution in [2.24, 2.45) is 0 Å². The molecule has 2 amide bonds. The van der Waals surface area contributed by atoms with Crippen molar-refractivity contribution >= 4 is 28.5 Å². The van der Waals surface area contributed by atoms with Crippen molar-refractivity contribution in [2.75, 3.05) is 19.5 Å². The largest absolute Gasteiger partial charge is 0.497 e. The summed E-state index contributed by atoms with van der Waals surface area (Å²) in [7, 11) is 3.20. The summed E-state index contributed by atoms with van der Waals surface area (Å²) in [6.07, 6.45) is 0. The quantitative estimate of drug-likeness (QED) is 0.272. The number of carbonyl (C=O) groups excluding carboxylic acids is 2. The third-order valence-electron chi connectivity index (χ3n) is 4.99. The van der Waals surface area contributed by atoms with Crippen LogP contribution < -0.4 is 20.3 Å². The summed E-state index contributed by atoms with van der Waals surface area (Å²) < 4.78 is 10.7. The highest BCUT2D eigenvalue weighted by molar-refractivity contribution is 6.08. The van der Waals surface area contributed by atoms with Crippen LogP contribution in [0, 0.1) is 0 Å². The standard InChI is InChI=1S/C23H20N4O5/c1-31-17-9-16(10-18(12-17)32-2)15-7-8-19-20(11-15)25-26-21(19)24-22(28)13-3-5-14(6-4-13)23(29)27-30/h3-12,30H,1-2H3,(H,27,29)(H2,24,25,26,28). The molecule has 0 aliphatic heterocycles. The number of rotatable bonds is 6. The number of fused-ring (bicyclic) bond motifs is 1. The number of aromatic nitrogens is 2. The van der Waals surface area contributed by atoms with Crippen molar-refractivity contribution in [2.45, 2.75) is 0 Å². The van der Waals surface area contributed by atoms with Gasteiger partial charge in [0.15, 0.2) is 5.82 Å². The van der Waals surface area contributed by atoms with Crippen molar-refractivity contribution in [3.63, 3.8) is 0 Å². The van der Waals surface area contributed by atoms with Gasteiger partial charge in [-0.1, -0.05) is 6.07 Å². The van der Waals surface area contributed by atoms with Crippen LogP contribution in [0.3, 0.4) is 0 Å². The first-order valence-electron chi connectivity index (χ1n) is 9.60. The van der Waals surface area contributed by atoms with Gasteiger partial charge in [0.05, 0.1) is 19.7 Å². The Morgan fingerprint density at radius 3 is 2.06 bits per heavy atom. The lowest BCUT2D eigenvalue weighted by Gasteiger charge is -2.09. The van der Waals surface area contributed by atoms with Crippen molar-refractivity contribution in [3.05, 3.63) is 71.8 Å². The van der Waals surface area contributed by atoms with Crippen LogP contribution in [0.15, 0.2) is 60.7 Å².